The van der Waals surface area contributed by atoms with E-state index in [2.05, 4.69) is 30.7 Å². The van der Waals surface area contributed by atoms with Gasteiger partial charge >= 0.3 is 0 Å². The smallest absolute Gasteiger partial charge is 0.295 e. The van der Waals surface area contributed by atoms with Gasteiger partial charge in [0.05, 0.1) is 18.5 Å². The van der Waals surface area contributed by atoms with Gasteiger partial charge in [0.15, 0.2) is 17.3 Å². The van der Waals surface area contributed by atoms with Crippen LogP contribution in [0.4, 0.5) is 26.0 Å². The molecule has 1 saturated heterocycles. The summed E-state index contributed by atoms with van der Waals surface area (Å²) in [5.41, 5.74) is 2.21. The topological polar surface area (TPSA) is 121 Å². The van der Waals surface area contributed by atoms with E-state index in [9.17, 15) is 13.6 Å². The van der Waals surface area contributed by atoms with Gasteiger partial charge in [-0.15, -0.1) is 0 Å². The predicted molar refractivity (Wildman–Crippen MR) is 144 cm³/mol. The van der Waals surface area contributed by atoms with E-state index < -0.39 is 18.5 Å². The Kier molecular flexibility index (Phi) is 6.82. The molecule has 40 heavy (non-hydrogen) atoms. The highest BCUT2D eigenvalue weighted by atomic mass is 19.3. The van der Waals surface area contributed by atoms with Crippen molar-refractivity contribution in [1.82, 2.24) is 29.3 Å². The highest BCUT2D eigenvalue weighted by Crippen LogP contribution is 2.39. The third-order valence-corrected chi connectivity index (χ3v) is 7.11. The van der Waals surface area contributed by atoms with Crippen molar-refractivity contribution in [3.05, 3.63) is 35.9 Å². The fourth-order valence-electron chi connectivity index (χ4n) is 5.02. The van der Waals surface area contributed by atoms with Gasteiger partial charge in [0.1, 0.15) is 29.1 Å². The summed E-state index contributed by atoms with van der Waals surface area (Å²) in [5, 5.41) is 10.4. The molecule has 0 spiro atoms. The lowest BCUT2D eigenvalue weighted by molar-refractivity contribution is -0.117. The molecule has 4 heterocycles. The van der Waals surface area contributed by atoms with Crippen molar-refractivity contribution < 1.29 is 23.0 Å². The summed E-state index contributed by atoms with van der Waals surface area (Å²) in [4.78, 5) is 26.0. The van der Waals surface area contributed by atoms with Crippen LogP contribution in [0.25, 0.3) is 22.6 Å². The summed E-state index contributed by atoms with van der Waals surface area (Å²) in [6.07, 6.45) is 0.422. The molecule has 1 aliphatic carbocycles. The molecule has 2 N–H and O–H groups in total. The summed E-state index contributed by atoms with van der Waals surface area (Å²) in [6, 6.07) is 7.10. The second-order valence-electron chi connectivity index (χ2n) is 10.1. The number of anilines is 3. The SMILES string of the molecule is COc1cc(-c2nc(C)nn2C)ccc1Nc1cc(NC(=O)C2CC2)nc2c1nc(C(F)F)n2C1CCCCO1. The van der Waals surface area contributed by atoms with Crippen molar-refractivity contribution in [2.75, 3.05) is 24.4 Å². The van der Waals surface area contributed by atoms with Crippen LogP contribution in [0.2, 0.25) is 0 Å². The van der Waals surface area contributed by atoms with Crippen LogP contribution in [-0.4, -0.2) is 48.9 Å². The molecule has 1 aliphatic heterocycles. The average Bonchev–Trinajstić information content (AvgIpc) is 3.64. The van der Waals surface area contributed by atoms with Crippen LogP contribution < -0.4 is 15.4 Å². The number of methoxy groups -OCH3 is 1. The van der Waals surface area contributed by atoms with Crippen molar-refractivity contribution in [2.24, 2.45) is 13.0 Å². The maximum atomic E-state index is 14.3. The molecule has 3 aromatic heterocycles. The number of amides is 1. The molecule has 1 aromatic carbocycles. The van der Waals surface area contributed by atoms with Crippen LogP contribution in [0.5, 0.6) is 5.75 Å². The highest BCUT2D eigenvalue weighted by Gasteiger charge is 2.32. The number of rotatable bonds is 8. The number of fused-ring (bicyclic) bond motifs is 1. The standard InChI is InChI=1S/C27H30F2N8O3/c1-14-30-24(36(2)35-14)16-9-10-17(19(12-16)39-3)31-18-13-20(33-27(38)15-7-8-15)32-25-22(18)34-26(23(28)29)37(25)21-6-4-5-11-40-21/h9-10,12-13,15,21,23H,4-8,11H2,1-3H3,(H2,31,32,33,38). The van der Waals surface area contributed by atoms with E-state index in [1.165, 1.54) is 4.57 Å². The molecule has 0 bridgehead atoms. The number of aromatic nitrogens is 6. The number of benzene rings is 1. The van der Waals surface area contributed by atoms with Gasteiger partial charge in [-0.25, -0.2) is 28.4 Å². The molecule has 11 nitrogen and oxygen atoms in total. The molecule has 13 heteroatoms. The lowest BCUT2D eigenvalue weighted by atomic mass is 10.1. The molecule has 1 amide bonds. The van der Waals surface area contributed by atoms with Gasteiger partial charge in [-0.3, -0.25) is 9.36 Å². The van der Waals surface area contributed by atoms with Crippen LogP contribution in [0, 0.1) is 12.8 Å². The Morgan fingerprint density at radius 1 is 1.12 bits per heavy atom. The Bertz CT molecular complexity index is 1570. The minimum Gasteiger partial charge on any atom is -0.495 e. The number of hydrogen-bond donors (Lipinski definition) is 2. The van der Waals surface area contributed by atoms with Gasteiger partial charge in [-0.1, -0.05) is 0 Å². The lowest BCUT2D eigenvalue weighted by Gasteiger charge is -2.25. The quantitative estimate of drug-likeness (QED) is 0.303. The van der Waals surface area contributed by atoms with Crippen LogP contribution >= 0.6 is 0 Å². The van der Waals surface area contributed by atoms with E-state index >= 15 is 0 Å². The zero-order valence-corrected chi connectivity index (χ0v) is 22.4. The molecule has 2 fully saturated rings. The zero-order valence-electron chi connectivity index (χ0n) is 22.4. The number of aryl methyl sites for hydroxylation is 2. The first kappa shape index (κ1) is 26.1. The number of pyridine rings is 1. The normalized spacial score (nSPS) is 17.4. The fraction of sp³-hybridized carbons (Fsp3) is 0.444. The first-order chi connectivity index (χ1) is 19.3. The van der Waals surface area contributed by atoms with Gasteiger partial charge in [0.2, 0.25) is 5.91 Å². The van der Waals surface area contributed by atoms with E-state index in [1.54, 1.807) is 17.9 Å². The van der Waals surface area contributed by atoms with Crippen LogP contribution in [0.15, 0.2) is 24.3 Å². The molecule has 1 atom stereocenters. The Labute approximate surface area is 228 Å². The number of carbonyl (C=O) groups is 1. The number of hydrogen-bond acceptors (Lipinski definition) is 8. The van der Waals surface area contributed by atoms with Gasteiger partial charge < -0.3 is 20.1 Å². The third kappa shape index (κ3) is 4.96. The number of carbonyl (C=O) groups excluding carboxylic acids is 1. The number of imidazole rings is 1. The second-order valence-corrected chi connectivity index (χ2v) is 10.1. The molecule has 2 aliphatic rings. The number of ether oxygens (including phenoxy) is 2. The van der Waals surface area contributed by atoms with E-state index in [4.69, 9.17) is 9.47 Å². The predicted octanol–water partition coefficient (Wildman–Crippen LogP) is 5.27. The minimum absolute atomic E-state index is 0.0611. The summed E-state index contributed by atoms with van der Waals surface area (Å²) in [7, 11) is 3.35. The molecule has 6 rings (SSSR count). The minimum atomic E-state index is -2.85. The van der Waals surface area contributed by atoms with Gasteiger partial charge in [0, 0.05) is 31.2 Å². The maximum absolute atomic E-state index is 14.3. The Morgan fingerprint density at radius 2 is 1.95 bits per heavy atom. The van der Waals surface area contributed by atoms with Gasteiger partial charge in [-0.2, -0.15) is 5.10 Å². The van der Waals surface area contributed by atoms with Crippen molar-refractivity contribution in [3.63, 3.8) is 0 Å². The van der Waals surface area contributed by atoms with Crippen LogP contribution in [0.1, 0.15) is 56.4 Å². The monoisotopic (exact) mass is 552 g/mol. The van der Waals surface area contributed by atoms with Crippen molar-refractivity contribution >= 4 is 34.3 Å². The molecule has 210 valence electrons. The first-order valence-electron chi connectivity index (χ1n) is 13.3. The highest BCUT2D eigenvalue weighted by molar-refractivity contribution is 5.97. The summed E-state index contributed by atoms with van der Waals surface area (Å²) < 4.78 is 43.1. The van der Waals surface area contributed by atoms with Crippen molar-refractivity contribution in [1.29, 1.82) is 0 Å². The molecular formula is C27H30F2N8O3. The molecule has 1 saturated carbocycles. The number of halogens is 2. The van der Waals surface area contributed by atoms with Crippen LogP contribution in [-0.2, 0) is 16.6 Å². The molecule has 4 aromatic rings. The number of nitrogens with zero attached hydrogens (tertiary/aromatic N) is 6. The first-order valence-corrected chi connectivity index (χ1v) is 13.3. The second kappa shape index (κ2) is 10.5. The van der Waals surface area contributed by atoms with E-state index in [0.717, 1.165) is 31.2 Å². The summed E-state index contributed by atoms with van der Waals surface area (Å²) in [5.74, 6) is 1.42. The summed E-state index contributed by atoms with van der Waals surface area (Å²) in [6.45, 7) is 2.28. The van der Waals surface area contributed by atoms with Crippen LogP contribution in [0.3, 0.4) is 0 Å². The maximum Gasteiger partial charge on any atom is 0.295 e. The van der Waals surface area contributed by atoms with Gasteiger partial charge in [-0.05, 0) is 57.2 Å². The number of alkyl halides is 2. The molecular weight excluding hydrogens is 522 g/mol. The lowest BCUT2D eigenvalue weighted by Crippen LogP contribution is -2.21. The Hall–Kier alpha value is -4.13. The third-order valence-electron chi connectivity index (χ3n) is 7.11. The Morgan fingerprint density at radius 3 is 2.60 bits per heavy atom. The average molecular weight is 553 g/mol. The van der Waals surface area contributed by atoms with E-state index in [0.29, 0.717) is 41.8 Å². The van der Waals surface area contributed by atoms with Crippen molar-refractivity contribution in [2.45, 2.75) is 51.7 Å². The van der Waals surface area contributed by atoms with E-state index in [1.807, 2.05) is 32.2 Å². The fourth-order valence-corrected chi connectivity index (χ4v) is 5.02. The van der Waals surface area contributed by atoms with Crippen molar-refractivity contribution in [3.8, 4) is 17.1 Å². The zero-order chi connectivity index (χ0) is 28.0. The van der Waals surface area contributed by atoms with Gasteiger partial charge in [0.25, 0.3) is 6.43 Å². The molecule has 1 unspecified atom stereocenters. The summed E-state index contributed by atoms with van der Waals surface area (Å²) >= 11 is 0. The number of nitrogens with one attached hydrogen (secondary N) is 2. The van der Waals surface area contributed by atoms with E-state index in [-0.39, 0.29) is 28.8 Å². The molecule has 0 radical (unpaired) electrons. The Balaban J connectivity index is 1.45. The largest absolute Gasteiger partial charge is 0.495 e.